The predicted molar refractivity (Wildman–Crippen MR) is 117 cm³/mol. The van der Waals surface area contributed by atoms with Crippen LogP contribution in [0.15, 0.2) is 47.8 Å². The number of nitrogens with zero attached hydrogens (tertiary/aromatic N) is 2. The van der Waals surface area contributed by atoms with Gasteiger partial charge in [0.05, 0.1) is 32.7 Å². The topological polar surface area (TPSA) is 87.2 Å². The van der Waals surface area contributed by atoms with E-state index in [2.05, 4.69) is 4.98 Å². The number of methoxy groups -OCH3 is 3. The SMILES string of the molecule is COc1ccccc1N(C(C)=O)c1nc(COC(=O)c2c(OC)cccc2OC)cs1. The Kier molecular flexibility index (Phi) is 7.09. The van der Waals surface area contributed by atoms with E-state index in [1.54, 1.807) is 35.7 Å². The lowest BCUT2D eigenvalue weighted by Crippen LogP contribution is -2.23. The molecule has 0 radical (unpaired) electrons. The van der Waals surface area contributed by atoms with Crippen LogP contribution in [0.3, 0.4) is 0 Å². The van der Waals surface area contributed by atoms with Gasteiger partial charge in [0.1, 0.15) is 29.4 Å². The number of anilines is 2. The Hall–Kier alpha value is -3.59. The molecule has 1 aromatic heterocycles. The maximum absolute atomic E-state index is 12.6. The molecule has 0 aliphatic carbocycles. The van der Waals surface area contributed by atoms with Crippen LogP contribution in [-0.2, 0) is 16.1 Å². The minimum absolute atomic E-state index is 0.0752. The zero-order valence-electron chi connectivity index (χ0n) is 17.6. The standard InChI is InChI=1S/C22H22N2O6S/c1-14(25)24(16-8-5-6-9-17(16)27-2)22-23-15(13-31-22)12-30-21(26)20-18(28-3)10-7-11-19(20)29-4/h5-11,13H,12H2,1-4H3. The quantitative estimate of drug-likeness (QED) is 0.483. The van der Waals surface area contributed by atoms with Gasteiger partial charge in [-0.1, -0.05) is 18.2 Å². The van der Waals surface area contributed by atoms with Crippen LogP contribution in [0.1, 0.15) is 23.0 Å². The molecule has 0 atom stereocenters. The van der Waals surface area contributed by atoms with E-state index < -0.39 is 5.97 Å². The third-order valence-electron chi connectivity index (χ3n) is 4.35. The van der Waals surface area contributed by atoms with Gasteiger partial charge in [0, 0.05) is 12.3 Å². The number of ether oxygens (including phenoxy) is 4. The fourth-order valence-corrected chi connectivity index (χ4v) is 3.82. The van der Waals surface area contributed by atoms with E-state index in [4.69, 9.17) is 18.9 Å². The van der Waals surface area contributed by atoms with Crippen molar-refractivity contribution in [1.29, 1.82) is 0 Å². The van der Waals surface area contributed by atoms with Gasteiger partial charge in [0.2, 0.25) is 5.91 Å². The molecule has 0 N–H and O–H groups in total. The number of para-hydroxylation sites is 2. The van der Waals surface area contributed by atoms with Gasteiger partial charge >= 0.3 is 5.97 Å². The second-order valence-corrected chi connectivity index (χ2v) is 7.10. The summed E-state index contributed by atoms with van der Waals surface area (Å²) in [6.07, 6.45) is 0. The maximum Gasteiger partial charge on any atom is 0.346 e. The second-order valence-electron chi connectivity index (χ2n) is 6.26. The summed E-state index contributed by atoms with van der Waals surface area (Å²) in [5.41, 5.74) is 1.28. The van der Waals surface area contributed by atoms with Crippen molar-refractivity contribution < 1.29 is 28.5 Å². The molecule has 1 amide bonds. The van der Waals surface area contributed by atoms with Crippen molar-refractivity contribution in [3.05, 3.63) is 59.1 Å². The first-order valence-electron chi connectivity index (χ1n) is 9.26. The molecule has 0 spiro atoms. The van der Waals surface area contributed by atoms with E-state index in [1.807, 2.05) is 12.1 Å². The van der Waals surface area contributed by atoms with Crippen LogP contribution in [0, 0.1) is 0 Å². The number of benzene rings is 2. The molecule has 3 rings (SSSR count). The van der Waals surface area contributed by atoms with Crippen molar-refractivity contribution in [2.24, 2.45) is 0 Å². The monoisotopic (exact) mass is 442 g/mol. The number of hydrogen-bond acceptors (Lipinski definition) is 8. The fourth-order valence-electron chi connectivity index (χ4n) is 2.95. The minimum atomic E-state index is -0.600. The Balaban J connectivity index is 1.80. The molecule has 1 heterocycles. The summed E-state index contributed by atoms with van der Waals surface area (Å²) in [7, 11) is 4.47. The molecule has 0 unspecified atom stereocenters. The van der Waals surface area contributed by atoms with Crippen molar-refractivity contribution in [2.75, 3.05) is 26.2 Å². The predicted octanol–water partition coefficient (Wildman–Crippen LogP) is 4.21. The molecule has 2 aromatic carbocycles. The zero-order chi connectivity index (χ0) is 22.4. The van der Waals surface area contributed by atoms with Gasteiger partial charge in [-0.05, 0) is 24.3 Å². The number of carbonyl (C=O) groups is 2. The molecule has 0 bridgehead atoms. The van der Waals surface area contributed by atoms with Crippen LogP contribution in [0.25, 0.3) is 0 Å². The first-order valence-corrected chi connectivity index (χ1v) is 10.1. The van der Waals surface area contributed by atoms with Gasteiger partial charge in [0.15, 0.2) is 5.13 Å². The average molecular weight is 442 g/mol. The number of aromatic nitrogens is 1. The summed E-state index contributed by atoms with van der Waals surface area (Å²) in [4.78, 5) is 30.9. The molecular formula is C22H22N2O6S. The van der Waals surface area contributed by atoms with Crippen molar-refractivity contribution in [2.45, 2.75) is 13.5 Å². The number of amides is 1. The van der Waals surface area contributed by atoms with Crippen LogP contribution in [-0.4, -0.2) is 38.2 Å². The molecule has 0 aliphatic heterocycles. The van der Waals surface area contributed by atoms with E-state index in [9.17, 15) is 9.59 Å². The van der Waals surface area contributed by atoms with E-state index in [0.29, 0.717) is 33.8 Å². The van der Waals surface area contributed by atoms with Gasteiger partial charge in [-0.25, -0.2) is 9.78 Å². The number of rotatable bonds is 8. The third kappa shape index (κ3) is 4.77. The molecule has 0 fully saturated rings. The summed E-state index contributed by atoms with van der Waals surface area (Å²) in [5, 5.41) is 2.17. The minimum Gasteiger partial charge on any atom is -0.496 e. The Morgan fingerprint density at radius 2 is 1.55 bits per heavy atom. The fraction of sp³-hybridized carbons (Fsp3) is 0.227. The lowest BCUT2D eigenvalue weighted by atomic mass is 10.2. The van der Waals surface area contributed by atoms with Gasteiger partial charge in [-0.2, -0.15) is 0 Å². The molecule has 3 aromatic rings. The first-order chi connectivity index (χ1) is 15.0. The van der Waals surface area contributed by atoms with Crippen LogP contribution in [0.5, 0.6) is 17.2 Å². The molecule has 31 heavy (non-hydrogen) atoms. The lowest BCUT2D eigenvalue weighted by Gasteiger charge is -2.20. The average Bonchev–Trinajstić information content (AvgIpc) is 3.25. The Morgan fingerprint density at radius 1 is 0.935 bits per heavy atom. The zero-order valence-corrected chi connectivity index (χ0v) is 18.4. The summed E-state index contributed by atoms with van der Waals surface area (Å²) in [6, 6.07) is 12.2. The van der Waals surface area contributed by atoms with E-state index in [1.165, 1.54) is 44.5 Å². The molecule has 8 nitrogen and oxygen atoms in total. The van der Waals surface area contributed by atoms with Gasteiger partial charge in [0.25, 0.3) is 0 Å². The van der Waals surface area contributed by atoms with Crippen molar-refractivity contribution in [3.8, 4) is 17.2 Å². The summed E-state index contributed by atoms with van der Waals surface area (Å²) in [6.45, 7) is 1.37. The molecular weight excluding hydrogens is 420 g/mol. The second kappa shape index (κ2) is 9.94. The van der Waals surface area contributed by atoms with Crippen LogP contribution < -0.4 is 19.1 Å². The Bertz CT molecular complexity index is 1060. The van der Waals surface area contributed by atoms with E-state index >= 15 is 0 Å². The third-order valence-corrected chi connectivity index (χ3v) is 5.23. The number of carbonyl (C=O) groups excluding carboxylic acids is 2. The van der Waals surface area contributed by atoms with Gasteiger partial charge < -0.3 is 18.9 Å². The van der Waals surface area contributed by atoms with E-state index in [-0.39, 0.29) is 18.1 Å². The van der Waals surface area contributed by atoms with Gasteiger partial charge in [-0.3, -0.25) is 9.69 Å². The van der Waals surface area contributed by atoms with Crippen LogP contribution in [0.4, 0.5) is 10.8 Å². The Labute approximate surface area is 183 Å². The summed E-state index contributed by atoms with van der Waals surface area (Å²) < 4.78 is 21.3. The maximum atomic E-state index is 12.6. The molecule has 9 heteroatoms. The highest BCUT2D eigenvalue weighted by Gasteiger charge is 2.23. The smallest absolute Gasteiger partial charge is 0.346 e. The van der Waals surface area contributed by atoms with Crippen LogP contribution in [0.2, 0.25) is 0 Å². The van der Waals surface area contributed by atoms with Crippen molar-refractivity contribution in [1.82, 2.24) is 4.98 Å². The molecule has 0 saturated heterocycles. The molecule has 162 valence electrons. The van der Waals surface area contributed by atoms with Crippen molar-refractivity contribution in [3.63, 3.8) is 0 Å². The normalized spacial score (nSPS) is 10.3. The largest absolute Gasteiger partial charge is 0.496 e. The van der Waals surface area contributed by atoms with Crippen molar-refractivity contribution >= 4 is 34.0 Å². The van der Waals surface area contributed by atoms with E-state index in [0.717, 1.165) is 0 Å². The first kappa shape index (κ1) is 22.1. The lowest BCUT2D eigenvalue weighted by molar-refractivity contribution is -0.115. The molecule has 0 aliphatic rings. The Morgan fingerprint density at radius 3 is 2.16 bits per heavy atom. The highest BCUT2D eigenvalue weighted by Crippen LogP contribution is 2.35. The number of hydrogen-bond donors (Lipinski definition) is 0. The van der Waals surface area contributed by atoms with Gasteiger partial charge in [-0.15, -0.1) is 11.3 Å². The van der Waals surface area contributed by atoms with Crippen LogP contribution >= 0.6 is 11.3 Å². The summed E-state index contributed by atoms with van der Waals surface area (Å²) >= 11 is 1.26. The number of thiazole rings is 1. The highest BCUT2D eigenvalue weighted by molar-refractivity contribution is 7.14. The summed E-state index contributed by atoms with van der Waals surface area (Å²) in [5.74, 6) is 0.423. The highest BCUT2D eigenvalue weighted by atomic mass is 32.1. The number of esters is 1. The molecule has 0 saturated carbocycles.